The predicted octanol–water partition coefficient (Wildman–Crippen LogP) is 2.47. The Kier molecular flexibility index (Phi) is 10.3. The predicted molar refractivity (Wildman–Crippen MR) is 66.8 cm³/mol. The summed E-state index contributed by atoms with van der Waals surface area (Å²) in [7, 11) is 0. The third kappa shape index (κ3) is 7.73. The zero-order valence-electron chi connectivity index (χ0n) is 9.07. The summed E-state index contributed by atoms with van der Waals surface area (Å²) < 4.78 is 5.25. The molecule has 0 unspecified atom stereocenters. The van der Waals surface area contributed by atoms with Crippen LogP contribution in [-0.4, -0.2) is 24.7 Å². The van der Waals surface area contributed by atoms with Crippen molar-refractivity contribution >= 4 is 23.7 Å². The Labute approximate surface area is 102 Å². The van der Waals surface area contributed by atoms with Gasteiger partial charge < -0.3 is 10.1 Å². The highest BCUT2D eigenvalue weighted by Gasteiger charge is 1.93. The molecule has 1 heterocycles. The van der Waals surface area contributed by atoms with Crippen molar-refractivity contribution in [3.05, 3.63) is 16.6 Å². The minimum absolute atomic E-state index is 0. The molecular formula is C10H19ClN2OS. The maximum Gasteiger partial charge on any atom is 0.0795 e. The van der Waals surface area contributed by atoms with Crippen LogP contribution in [0.4, 0.5) is 0 Å². The van der Waals surface area contributed by atoms with Gasteiger partial charge in [0.1, 0.15) is 0 Å². The van der Waals surface area contributed by atoms with Crippen molar-refractivity contribution in [3.63, 3.8) is 0 Å². The smallest absolute Gasteiger partial charge is 0.0795 e. The van der Waals surface area contributed by atoms with Crippen molar-refractivity contribution in [2.45, 2.75) is 26.3 Å². The van der Waals surface area contributed by atoms with Gasteiger partial charge in [-0.1, -0.05) is 0 Å². The van der Waals surface area contributed by atoms with Crippen LogP contribution in [0.25, 0.3) is 0 Å². The summed E-state index contributed by atoms with van der Waals surface area (Å²) >= 11 is 1.64. The van der Waals surface area contributed by atoms with E-state index < -0.39 is 0 Å². The first-order valence-corrected chi connectivity index (χ1v) is 6.03. The first-order valence-electron chi connectivity index (χ1n) is 5.09. The molecule has 0 saturated heterocycles. The van der Waals surface area contributed by atoms with Gasteiger partial charge >= 0.3 is 0 Å². The molecule has 1 aromatic heterocycles. The van der Waals surface area contributed by atoms with Crippen molar-refractivity contribution in [1.29, 1.82) is 0 Å². The van der Waals surface area contributed by atoms with E-state index in [2.05, 4.69) is 15.7 Å². The first-order chi connectivity index (χ1) is 6.93. The van der Waals surface area contributed by atoms with Crippen LogP contribution in [0, 0.1) is 0 Å². The van der Waals surface area contributed by atoms with Gasteiger partial charge in [0.2, 0.25) is 0 Å². The fraction of sp³-hybridized carbons (Fsp3) is 0.700. The van der Waals surface area contributed by atoms with Gasteiger partial charge in [-0.3, -0.25) is 0 Å². The van der Waals surface area contributed by atoms with E-state index in [0.717, 1.165) is 38.4 Å². The number of hydrogen-bond acceptors (Lipinski definition) is 4. The number of nitrogens with one attached hydrogen (secondary N) is 1. The molecule has 3 nitrogen and oxygen atoms in total. The van der Waals surface area contributed by atoms with Crippen molar-refractivity contribution < 1.29 is 4.74 Å². The van der Waals surface area contributed by atoms with Crippen LogP contribution in [0.2, 0.25) is 0 Å². The molecule has 88 valence electrons. The van der Waals surface area contributed by atoms with Crippen LogP contribution in [0.1, 0.15) is 25.5 Å². The highest BCUT2D eigenvalue weighted by atomic mass is 35.5. The van der Waals surface area contributed by atoms with E-state index in [1.807, 2.05) is 12.4 Å². The molecule has 5 heteroatoms. The lowest BCUT2D eigenvalue weighted by atomic mass is 10.3. The standard InChI is InChI=1S/C10H18N2OS.ClH/c1-2-13-6-4-3-5-11-7-10-8-14-9-12-10;/h8-9,11H,2-7H2,1H3;1H. The maximum absolute atomic E-state index is 5.25. The van der Waals surface area contributed by atoms with E-state index in [-0.39, 0.29) is 12.4 Å². The van der Waals surface area contributed by atoms with Crippen molar-refractivity contribution in [2.24, 2.45) is 0 Å². The Balaban J connectivity index is 0.00000196. The summed E-state index contributed by atoms with van der Waals surface area (Å²) in [5.74, 6) is 0. The number of rotatable bonds is 8. The monoisotopic (exact) mass is 250 g/mol. The van der Waals surface area contributed by atoms with Crippen LogP contribution < -0.4 is 5.32 Å². The number of unbranched alkanes of at least 4 members (excludes halogenated alkanes) is 1. The molecule has 0 spiro atoms. The second-order valence-electron chi connectivity index (χ2n) is 3.06. The second kappa shape index (κ2) is 10.4. The molecule has 0 fully saturated rings. The van der Waals surface area contributed by atoms with Gasteiger partial charge in [0.25, 0.3) is 0 Å². The van der Waals surface area contributed by atoms with Crippen LogP contribution >= 0.6 is 23.7 Å². The third-order valence-corrected chi connectivity index (χ3v) is 2.52. The van der Waals surface area contributed by atoms with Crippen molar-refractivity contribution in [2.75, 3.05) is 19.8 Å². The summed E-state index contributed by atoms with van der Waals surface area (Å²) in [5, 5.41) is 5.43. The SMILES string of the molecule is CCOCCCCNCc1cscn1.Cl. The number of aromatic nitrogens is 1. The molecule has 0 radical (unpaired) electrons. The summed E-state index contributed by atoms with van der Waals surface area (Å²) in [6.45, 7) is 5.67. The molecule has 1 rings (SSSR count). The number of nitrogens with zero attached hydrogens (tertiary/aromatic N) is 1. The fourth-order valence-electron chi connectivity index (χ4n) is 1.14. The van der Waals surface area contributed by atoms with Gasteiger partial charge in [0, 0.05) is 25.1 Å². The van der Waals surface area contributed by atoms with Gasteiger partial charge in [-0.15, -0.1) is 23.7 Å². The molecule has 0 atom stereocenters. The summed E-state index contributed by atoms with van der Waals surface area (Å²) in [6.07, 6.45) is 2.31. The van der Waals surface area contributed by atoms with Crippen LogP contribution in [0.3, 0.4) is 0 Å². The molecule has 0 aromatic carbocycles. The average Bonchev–Trinajstić information content (AvgIpc) is 2.69. The van der Waals surface area contributed by atoms with E-state index >= 15 is 0 Å². The van der Waals surface area contributed by atoms with Gasteiger partial charge in [-0.25, -0.2) is 4.98 Å². The third-order valence-electron chi connectivity index (χ3n) is 1.89. The first kappa shape index (κ1) is 14.8. The van der Waals surface area contributed by atoms with E-state index in [1.165, 1.54) is 6.42 Å². The van der Waals surface area contributed by atoms with Crippen LogP contribution in [0.5, 0.6) is 0 Å². The quantitative estimate of drug-likeness (QED) is 0.720. The van der Waals surface area contributed by atoms with E-state index in [1.54, 1.807) is 11.3 Å². The van der Waals surface area contributed by atoms with E-state index in [4.69, 9.17) is 4.74 Å². The Hall–Kier alpha value is -0.160. The normalized spacial score (nSPS) is 9.93. The number of hydrogen-bond donors (Lipinski definition) is 1. The molecule has 0 amide bonds. The van der Waals surface area contributed by atoms with Crippen LogP contribution in [-0.2, 0) is 11.3 Å². The number of thiazole rings is 1. The lowest BCUT2D eigenvalue weighted by Gasteiger charge is -2.02. The summed E-state index contributed by atoms with van der Waals surface area (Å²) in [5.41, 5.74) is 3.01. The summed E-state index contributed by atoms with van der Waals surface area (Å²) in [4.78, 5) is 4.19. The molecular weight excluding hydrogens is 232 g/mol. The van der Waals surface area contributed by atoms with Crippen molar-refractivity contribution in [1.82, 2.24) is 10.3 Å². The minimum atomic E-state index is 0. The Bertz CT molecular complexity index is 219. The number of halogens is 1. The molecule has 1 aromatic rings. The lowest BCUT2D eigenvalue weighted by molar-refractivity contribution is 0.143. The molecule has 0 aliphatic rings. The van der Waals surface area contributed by atoms with Crippen LogP contribution in [0.15, 0.2) is 10.9 Å². The Morgan fingerprint density at radius 3 is 3.00 bits per heavy atom. The molecule has 0 bridgehead atoms. The van der Waals surface area contributed by atoms with Crippen molar-refractivity contribution in [3.8, 4) is 0 Å². The Morgan fingerprint density at radius 1 is 1.47 bits per heavy atom. The second-order valence-corrected chi connectivity index (χ2v) is 3.78. The van der Waals surface area contributed by atoms with Gasteiger partial charge in [-0.2, -0.15) is 0 Å². The highest BCUT2D eigenvalue weighted by Crippen LogP contribution is 1.99. The molecule has 0 saturated carbocycles. The largest absolute Gasteiger partial charge is 0.382 e. The summed E-state index contributed by atoms with van der Waals surface area (Å²) in [6, 6.07) is 0. The zero-order valence-corrected chi connectivity index (χ0v) is 10.7. The van der Waals surface area contributed by atoms with Gasteiger partial charge in [0.05, 0.1) is 11.2 Å². The zero-order chi connectivity index (χ0) is 10.1. The molecule has 15 heavy (non-hydrogen) atoms. The molecule has 0 aliphatic heterocycles. The average molecular weight is 251 g/mol. The van der Waals surface area contributed by atoms with Gasteiger partial charge in [-0.05, 0) is 26.3 Å². The molecule has 1 N–H and O–H groups in total. The highest BCUT2D eigenvalue weighted by molar-refractivity contribution is 7.07. The van der Waals surface area contributed by atoms with E-state index in [0.29, 0.717) is 0 Å². The van der Waals surface area contributed by atoms with Gasteiger partial charge in [0.15, 0.2) is 0 Å². The maximum atomic E-state index is 5.25. The fourth-order valence-corrected chi connectivity index (χ4v) is 1.70. The Morgan fingerprint density at radius 2 is 2.33 bits per heavy atom. The topological polar surface area (TPSA) is 34.1 Å². The van der Waals surface area contributed by atoms with E-state index in [9.17, 15) is 0 Å². The minimum Gasteiger partial charge on any atom is -0.382 e. The lowest BCUT2D eigenvalue weighted by Crippen LogP contribution is -2.15. The molecule has 0 aliphatic carbocycles. The number of ether oxygens (including phenoxy) is 1.